The number of nitrogens with zero attached hydrogens (tertiary/aromatic N) is 3. The molecular weight excluding hydrogens is 380 g/mol. The summed E-state index contributed by atoms with van der Waals surface area (Å²) in [6.45, 7) is 3.60. The zero-order valence-corrected chi connectivity index (χ0v) is 17.0. The van der Waals surface area contributed by atoms with Gasteiger partial charge >= 0.3 is 0 Å². The number of hydrogen-bond donors (Lipinski definition) is 1. The average Bonchev–Trinajstić information content (AvgIpc) is 3.25. The van der Waals surface area contributed by atoms with Gasteiger partial charge in [0, 0.05) is 24.9 Å². The van der Waals surface area contributed by atoms with Crippen LogP contribution in [0.1, 0.15) is 29.9 Å². The third-order valence-electron chi connectivity index (χ3n) is 5.41. The molecule has 1 fully saturated rings. The fourth-order valence-electron chi connectivity index (χ4n) is 3.92. The van der Waals surface area contributed by atoms with Gasteiger partial charge in [-0.1, -0.05) is 0 Å². The molecule has 0 aliphatic carbocycles. The molecule has 1 atom stereocenters. The average molecular weight is 406 g/mol. The first-order chi connectivity index (χ1) is 13.6. The second-order valence-corrected chi connectivity index (χ2v) is 7.59. The van der Waals surface area contributed by atoms with Gasteiger partial charge in [-0.15, -0.1) is 5.10 Å². The first kappa shape index (κ1) is 18.9. The molecule has 1 unspecified atom stereocenters. The molecule has 2 aromatic rings. The zero-order chi connectivity index (χ0) is 19.7. The first-order valence-electron chi connectivity index (χ1n) is 9.49. The van der Waals surface area contributed by atoms with Crippen LogP contribution in [-0.2, 0) is 31.0 Å². The monoisotopic (exact) mass is 405 g/mol. The minimum absolute atomic E-state index is 0.151. The van der Waals surface area contributed by atoms with Crippen LogP contribution in [0.15, 0.2) is 16.5 Å². The number of carbonyl (C=O) groups is 1. The number of fused-ring (bicyclic) bond motifs is 1. The molecule has 1 aromatic heterocycles. The molecular formula is C19H25N4O4S+. The molecule has 1 amide bonds. The number of amides is 1. The molecule has 0 bridgehead atoms. The third kappa shape index (κ3) is 3.77. The number of likely N-dealkylation sites (tertiary alicyclic amines) is 1. The van der Waals surface area contributed by atoms with E-state index in [4.69, 9.17) is 26.1 Å². The molecule has 4 rings (SSSR count). The fraction of sp³-hybridized carbons (Fsp3) is 0.526. The number of carbonyl (C=O) groups excluding carboxylic acids is 1. The Balaban J connectivity index is 1.46. The maximum absolute atomic E-state index is 11.8. The van der Waals surface area contributed by atoms with Gasteiger partial charge in [-0.05, 0) is 36.3 Å². The van der Waals surface area contributed by atoms with Crippen LogP contribution >= 0.6 is 12.2 Å². The van der Waals surface area contributed by atoms with Crippen molar-refractivity contribution in [1.29, 1.82) is 0 Å². The predicted molar refractivity (Wildman–Crippen MR) is 103 cm³/mol. The van der Waals surface area contributed by atoms with Crippen molar-refractivity contribution >= 4 is 18.1 Å². The van der Waals surface area contributed by atoms with Gasteiger partial charge in [-0.2, -0.15) is 4.68 Å². The highest BCUT2D eigenvalue weighted by Crippen LogP contribution is 2.31. The molecule has 9 heteroatoms. The van der Waals surface area contributed by atoms with Gasteiger partial charge in [-0.25, -0.2) is 0 Å². The van der Waals surface area contributed by atoms with E-state index in [0.717, 1.165) is 44.0 Å². The van der Waals surface area contributed by atoms with Crippen LogP contribution in [0.4, 0.5) is 0 Å². The zero-order valence-electron chi connectivity index (χ0n) is 16.2. The van der Waals surface area contributed by atoms with E-state index in [9.17, 15) is 4.79 Å². The van der Waals surface area contributed by atoms with Crippen molar-refractivity contribution in [3.63, 3.8) is 0 Å². The molecule has 1 aromatic carbocycles. The van der Waals surface area contributed by atoms with Gasteiger partial charge in [-0.3, -0.25) is 4.79 Å². The van der Waals surface area contributed by atoms with E-state index >= 15 is 0 Å². The van der Waals surface area contributed by atoms with Crippen LogP contribution in [0.25, 0.3) is 0 Å². The number of quaternary nitrogens is 1. The minimum Gasteiger partial charge on any atom is -0.493 e. The van der Waals surface area contributed by atoms with E-state index in [0.29, 0.717) is 30.4 Å². The Morgan fingerprint density at radius 1 is 1.21 bits per heavy atom. The quantitative estimate of drug-likeness (QED) is 0.722. The third-order valence-corrected chi connectivity index (χ3v) is 5.71. The topological polar surface area (TPSA) is 74.2 Å². The van der Waals surface area contributed by atoms with E-state index in [1.54, 1.807) is 23.8 Å². The molecule has 0 radical (unpaired) electrons. The number of ether oxygens (including phenoxy) is 2. The maximum atomic E-state index is 11.8. The Morgan fingerprint density at radius 2 is 1.96 bits per heavy atom. The van der Waals surface area contributed by atoms with Crippen LogP contribution in [0, 0.1) is 4.84 Å². The summed E-state index contributed by atoms with van der Waals surface area (Å²) in [5.41, 5.74) is 2.54. The summed E-state index contributed by atoms with van der Waals surface area (Å²) < 4.78 is 18.2. The Labute approximate surface area is 168 Å². The molecule has 0 saturated carbocycles. The summed E-state index contributed by atoms with van der Waals surface area (Å²) in [5.74, 6) is 2.17. The predicted octanol–water partition coefficient (Wildman–Crippen LogP) is 0.944. The largest absolute Gasteiger partial charge is 0.493 e. The molecule has 1 saturated heterocycles. The van der Waals surface area contributed by atoms with E-state index in [-0.39, 0.29) is 5.91 Å². The fourth-order valence-corrected chi connectivity index (χ4v) is 4.13. The lowest BCUT2D eigenvalue weighted by Gasteiger charge is -2.26. The van der Waals surface area contributed by atoms with Gasteiger partial charge < -0.3 is 23.7 Å². The Bertz CT molecular complexity index is 939. The van der Waals surface area contributed by atoms with Crippen LogP contribution in [0.3, 0.4) is 0 Å². The van der Waals surface area contributed by atoms with Crippen molar-refractivity contribution in [2.24, 2.45) is 0 Å². The first-order valence-corrected chi connectivity index (χ1v) is 9.90. The normalized spacial score (nSPS) is 19.0. The Morgan fingerprint density at radius 3 is 2.64 bits per heavy atom. The van der Waals surface area contributed by atoms with Crippen molar-refractivity contribution in [1.82, 2.24) is 14.7 Å². The summed E-state index contributed by atoms with van der Waals surface area (Å²) in [5, 5.41) is 4.51. The molecule has 28 heavy (non-hydrogen) atoms. The van der Waals surface area contributed by atoms with Crippen LogP contribution in [-0.4, -0.2) is 47.9 Å². The summed E-state index contributed by atoms with van der Waals surface area (Å²) in [7, 11) is 3.31. The Kier molecular flexibility index (Phi) is 5.36. The van der Waals surface area contributed by atoms with E-state index < -0.39 is 0 Å². The highest BCUT2D eigenvalue weighted by molar-refractivity contribution is 7.71. The number of nitrogens with one attached hydrogen (secondary N) is 1. The summed E-state index contributed by atoms with van der Waals surface area (Å²) in [4.78, 5) is 15.3. The van der Waals surface area contributed by atoms with Crippen LogP contribution in [0.5, 0.6) is 11.5 Å². The highest BCUT2D eigenvalue weighted by Gasteiger charge is 2.25. The number of hydrogen-bond acceptors (Lipinski definition) is 6. The second-order valence-electron chi connectivity index (χ2n) is 7.24. The lowest BCUT2D eigenvalue weighted by molar-refractivity contribution is -0.939. The number of benzene rings is 1. The summed E-state index contributed by atoms with van der Waals surface area (Å²) in [6, 6.07) is 4.12. The minimum atomic E-state index is 0.151. The van der Waals surface area contributed by atoms with Crippen molar-refractivity contribution in [3.8, 4) is 11.5 Å². The van der Waals surface area contributed by atoms with Crippen LogP contribution < -0.4 is 14.4 Å². The van der Waals surface area contributed by atoms with E-state index in [2.05, 4.69) is 17.2 Å². The Hall–Kier alpha value is -2.39. The lowest BCUT2D eigenvalue weighted by Crippen LogP contribution is -3.11. The smallest absolute Gasteiger partial charge is 0.291 e. The highest BCUT2D eigenvalue weighted by atomic mass is 32.1. The molecule has 1 N–H and O–H groups in total. The summed E-state index contributed by atoms with van der Waals surface area (Å²) in [6.07, 6.45) is 2.45. The van der Waals surface area contributed by atoms with Crippen molar-refractivity contribution in [3.05, 3.63) is 34.0 Å². The van der Waals surface area contributed by atoms with E-state index in [1.807, 2.05) is 0 Å². The van der Waals surface area contributed by atoms with Crippen LogP contribution in [0.2, 0.25) is 0 Å². The van der Waals surface area contributed by atoms with Crippen molar-refractivity contribution in [2.75, 3.05) is 27.3 Å². The second kappa shape index (κ2) is 7.92. The van der Waals surface area contributed by atoms with Gasteiger partial charge in [0.25, 0.3) is 4.84 Å². The molecule has 0 spiro atoms. The SMILES string of the molecule is COc1cc2c(cc1OC)C[NH+](Cn1nc(CN3CCCC3=O)oc1=S)CC2. The van der Waals surface area contributed by atoms with Crippen molar-refractivity contribution < 1.29 is 23.6 Å². The number of rotatable bonds is 6. The van der Waals surface area contributed by atoms with Gasteiger partial charge in [0.1, 0.15) is 6.54 Å². The molecule has 150 valence electrons. The maximum Gasteiger partial charge on any atom is 0.291 e. The standard InChI is InChI=1S/C19H24N4O4S/c1-25-15-8-13-5-7-21(10-14(13)9-16(15)26-2)12-23-19(28)27-17(20-23)11-22-6-3-4-18(22)24/h8-9H,3-7,10-12H2,1-2H3/p+1. The van der Waals surface area contributed by atoms with Gasteiger partial charge in [0.05, 0.1) is 27.3 Å². The molecule has 2 aliphatic heterocycles. The van der Waals surface area contributed by atoms with Gasteiger partial charge in [0.15, 0.2) is 18.2 Å². The van der Waals surface area contributed by atoms with Crippen molar-refractivity contribution in [2.45, 2.75) is 39.0 Å². The van der Waals surface area contributed by atoms with E-state index in [1.165, 1.54) is 16.0 Å². The lowest BCUT2D eigenvalue weighted by atomic mass is 9.99. The number of aromatic nitrogens is 2. The number of methoxy groups -OCH3 is 2. The van der Waals surface area contributed by atoms with Gasteiger partial charge in [0.2, 0.25) is 11.8 Å². The molecule has 2 aliphatic rings. The molecule has 3 heterocycles. The summed E-state index contributed by atoms with van der Waals surface area (Å²) >= 11 is 5.34. The molecule has 8 nitrogen and oxygen atoms in total.